The molecule has 0 aromatic carbocycles. The van der Waals surface area contributed by atoms with Crippen LogP contribution in [0.25, 0.3) is 0 Å². The molecule has 2 aliphatic rings. The Morgan fingerprint density at radius 1 is 1.43 bits per heavy atom. The molecule has 0 aliphatic carbocycles. The number of rotatable bonds is 2. The van der Waals surface area contributed by atoms with E-state index >= 15 is 0 Å². The molecule has 0 radical (unpaired) electrons. The van der Waals surface area contributed by atoms with Gasteiger partial charge in [-0.05, 0) is 36.7 Å². The normalized spacial score (nSPS) is 24.1. The van der Waals surface area contributed by atoms with Gasteiger partial charge in [0.1, 0.15) is 0 Å². The van der Waals surface area contributed by atoms with E-state index in [9.17, 15) is 4.79 Å². The van der Waals surface area contributed by atoms with Gasteiger partial charge in [0.2, 0.25) is 5.91 Å². The molecule has 0 aromatic heterocycles. The van der Waals surface area contributed by atoms with Crippen LogP contribution >= 0.6 is 11.8 Å². The zero-order valence-corrected chi connectivity index (χ0v) is 9.22. The Labute approximate surface area is 89.1 Å². The van der Waals surface area contributed by atoms with Crippen LogP contribution in [0.1, 0.15) is 25.7 Å². The van der Waals surface area contributed by atoms with Gasteiger partial charge in [0, 0.05) is 6.42 Å². The predicted molar refractivity (Wildman–Crippen MR) is 56.9 cm³/mol. The van der Waals surface area contributed by atoms with E-state index in [1.807, 2.05) is 11.8 Å². The lowest BCUT2D eigenvalue weighted by Crippen LogP contribution is -2.29. The van der Waals surface area contributed by atoms with Crippen LogP contribution in [0, 0.1) is 5.92 Å². The van der Waals surface area contributed by atoms with Crippen LogP contribution in [0.5, 0.6) is 0 Å². The molecule has 2 saturated heterocycles. The lowest BCUT2D eigenvalue weighted by Gasteiger charge is -2.22. The molecule has 1 amide bonds. The molecule has 4 heteroatoms. The third kappa shape index (κ3) is 2.64. The first-order valence-electron chi connectivity index (χ1n) is 5.37. The summed E-state index contributed by atoms with van der Waals surface area (Å²) >= 11 is 2.00. The van der Waals surface area contributed by atoms with Crippen molar-refractivity contribution in [3.8, 4) is 0 Å². The van der Waals surface area contributed by atoms with Crippen LogP contribution in [0.15, 0.2) is 0 Å². The fraction of sp³-hybridized carbons (Fsp3) is 0.900. The Bertz CT molecular complexity index is 198. The summed E-state index contributed by atoms with van der Waals surface area (Å²) in [6.07, 6.45) is 4.08. The van der Waals surface area contributed by atoms with Crippen molar-refractivity contribution in [2.75, 3.05) is 24.7 Å². The van der Waals surface area contributed by atoms with E-state index < -0.39 is 0 Å². The number of carbonyl (C=O) groups is 1. The zero-order chi connectivity index (χ0) is 9.80. The lowest BCUT2D eigenvalue weighted by molar-refractivity contribution is -0.169. The maximum absolute atomic E-state index is 11.7. The number of nitrogens with zero attached hydrogens (tertiary/aromatic N) is 1. The molecule has 2 fully saturated rings. The topological polar surface area (TPSA) is 29.5 Å². The molecule has 14 heavy (non-hydrogen) atoms. The van der Waals surface area contributed by atoms with Crippen molar-refractivity contribution in [2.24, 2.45) is 5.92 Å². The number of thioether (sulfide) groups is 1. The van der Waals surface area contributed by atoms with Gasteiger partial charge in [-0.3, -0.25) is 9.63 Å². The van der Waals surface area contributed by atoms with Gasteiger partial charge in [-0.1, -0.05) is 0 Å². The highest BCUT2D eigenvalue weighted by Crippen LogP contribution is 2.26. The molecule has 2 aliphatic heterocycles. The molecule has 0 N–H and O–H groups in total. The summed E-state index contributed by atoms with van der Waals surface area (Å²) in [7, 11) is 0. The number of hydrogen-bond donors (Lipinski definition) is 0. The monoisotopic (exact) mass is 215 g/mol. The molecule has 0 spiro atoms. The van der Waals surface area contributed by atoms with Gasteiger partial charge < -0.3 is 0 Å². The highest BCUT2D eigenvalue weighted by atomic mass is 32.2. The van der Waals surface area contributed by atoms with Gasteiger partial charge in [0.15, 0.2) is 0 Å². The van der Waals surface area contributed by atoms with Crippen molar-refractivity contribution >= 4 is 17.7 Å². The van der Waals surface area contributed by atoms with Crippen LogP contribution in [0.2, 0.25) is 0 Å². The van der Waals surface area contributed by atoms with Crippen molar-refractivity contribution in [3.63, 3.8) is 0 Å². The summed E-state index contributed by atoms with van der Waals surface area (Å²) in [4.78, 5) is 16.9. The number of hydrogen-bond acceptors (Lipinski definition) is 3. The van der Waals surface area contributed by atoms with Crippen molar-refractivity contribution in [3.05, 3.63) is 0 Å². The van der Waals surface area contributed by atoms with E-state index in [0.29, 0.717) is 18.9 Å². The fourth-order valence-electron chi connectivity index (χ4n) is 1.94. The number of hydroxylamine groups is 2. The molecule has 2 rings (SSSR count). The Morgan fingerprint density at radius 3 is 2.86 bits per heavy atom. The van der Waals surface area contributed by atoms with Crippen molar-refractivity contribution in [1.29, 1.82) is 0 Å². The van der Waals surface area contributed by atoms with Gasteiger partial charge in [-0.15, -0.1) is 0 Å². The van der Waals surface area contributed by atoms with Crippen LogP contribution in [-0.4, -0.2) is 35.6 Å². The number of amides is 1. The highest BCUT2D eigenvalue weighted by molar-refractivity contribution is 7.99. The molecule has 0 saturated carbocycles. The quantitative estimate of drug-likeness (QED) is 0.702. The first kappa shape index (κ1) is 10.3. The molecule has 80 valence electrons. The van der Waals surface area contributed by atoms with E-state index in [2.05, 4.69) is 0 Å². The Kier molecular flexibility index (Phi) is 3.70. The van der Waals surface area contributed by atoms with Crippen molar-refractivity contribution in [1.82, 2.24) is 5.06 Å². The standard InChI is InChI=1S/C10H17NO2S/c12-10(11-4-1-5-13-11)8-9-2-6-14-7-3-9/h9H,1-8H2. The largest absolute Gasteiger partial charge is 0.273 e. The maximum Gasteiger partial charge on any atom is 0.246 e. The zero-order valence-electron chi connectivity index (χ0n) is 8.41. The number of carbonyl (C=O) groups excluding carboxylic acids is 1. The van der Waals surface area contributed by atoms with Crippen LogP contribution < -0.4 is 0 Å². The summed E-state index contributed by atoms with van der Waals surface area (Å²) < 4.78 is 0. The second-order valence-electron chi connectivity index (χ2n) is 3.94. The second kappa shape index (κ2) is 5.03. The van der Waals surface area contributed by atoms with Gasteiger partial charge in [0.25, 0.3) is 0 Å². The average molecular weight is 215 g/mol. The third-order valence-corrected chi connectivity index (χ3v) is 3.88. The van der Waals surface area contributed by atoms with Gasteiger partial charge in [-0.2, -0.15) is 11.8 Å². The van der Waals surface area contributed by atoms with Gasteiger partial charge in [0.05, 0.1) is 13.2 Å². The highest BCUT2D eigenvalue weighted by Gasteiger charge is 2.23. The average Bonchev–Trinajstić information content (AvgIpc) is 2.72. The summed E-state index contributed by atoms with van der Waals surface area (Å²) in [5.74, 6) is 3.24. The molecule has 0 aromatic rings. The van der Waals surface area contributed by atoms with Gasteiger partial charge >= 0.3 is 0 Å². The van der Waals surface area contributed by atoms with E-state index in [-0.39, 0.29) is 5.91 Å². The molecule has 0 bridgehead atoms. The lowest BCUT2D eigenvalue weighted by atomic mass is 9.98. The maximum atomic E-state index is 11.7. The molecule has 0 atom stereocenters. The van der Waals surface area contributed by atoms with Crippen molar-refractivity contribution < 1.29 is 9.63 Å². The molecular formula is C10H17NO2S. The van der Waals surface area contributed by atoms with E-state index in [0.717, 1.165) is 13.0 Å². The Hall–Kier alpha value is -0.220. The summed E-state index contributed by atoms with van der Waals surface area (Å²) in [6.45, 7) is 1.51. The predicted octanol–water partition coefficient (Wildman–Crippen LogP) is 1.68. The Morgan fingerprint density at radius 2 is 2.21 bits per heavy atom. The molecule has 2 heterocycles. The van der Waals surface area contributed by atoms with Crippen LogP contribution in [-0.2, 0) is 9.63 Å². The molecule has 3 nitrogen and oxygen atoms in total. The second-order valence-corrected chi connectivity index (χ2v) is 5.17. The van der Waals surface area contributed by atoms with Crippen molar-refractivity contribution in [2.45, 2.75) is 25.7 Å². The van der Waals surface area contributed by atoms with Gasteiger partial charge in [-0.25, -0.2) is 5.06 Å². The van der Waals surface area contributed by atoms with E-state index in [4.69, 9.17) is 4.84 Å². The third-order valence-electron chi connectivity index (χ3n) is 2.84. The van der Waals surface area contributed by atoms with Crippen LogP contribution in [0.4, 0.5) is 0 Å². The summed E-state index contributed by atoms with van der Waals surface area (Å²) in [6, 6.07) is 0. The minimum atomic E-state index is 0.194. The van der Waals surface area contributed by atoms with E-state index in [1.54, 1.807) is 5.06 Å². The minimum absolute atomic E-state index is 0.194. The fourth-order valence-corrected chi connectivity index (χ4v) is 3.15. The van der Waals surface area contributed by atoms with Crippen LogP contribution in [0.3, 0.4) is 0 Å². The Balaban J connectivity index is 1.75. The first-order chi connectivity index (χ1) is 6.86. The van der Waals surface area contributed by atoms with E-state index in [1.165, 1.54) is 24.3 Å². The summed E-state index contributed by atoms with van der Waals surface area (Å²) in [5, 5.41) is 1.56. The summed E-state index contributed by atoms with van der Waals surface area (Å²) in [5.41, 5.74) is 0. The minimum Gasteiger partial charge on any atom is -0.273 e. The molecule has 0 unspecified atom stereocenters. The molecular weight excluding hydrogens is 198 g/mol. The SMILES string of the molecule is O=C(CC1CCSCC1)N1CCCO1. The smallest absolute Gasteiger partial charge is 0.246 e. The first-order valence-corrected chi connectivity index (χ1v) is 6.53.